The molecular weight excluding hydrogens is 248 g/mol. The first-order valence-electron chi connectivity index (χ1n) is 8.80. The van der Waals surface area contributed by atoms with Crippen molar-refractivity contribution in [2.75, 3.05) is 6.54 Å². The number of urea groups is 1. The van der Waals surface area contributed by atoms with Crippen LogP contribution in [0, 0.1) is 11.3 Å². The lowest BCUT2D eigenvalue weighted by Gasteiger charge is -2.47. The summed E-state index contributed by atoms with van der Waals surface area (Å²) in [6, 6.07) is 0.500. The van der Waals surface area contributed by atoms with Crippen LogP contribution in [0.15, 0.2) is 0 Å². The third-order valence-corrected chi connectivity index (χ3v) is 6.00. The summed E-state index contributed by atoms with van der Waals surface area (Å²) in [6.45, 7) is 0.856. The van der Waals surface area contributed by atoms with Gasteiger partial charge in [0.15, 0.2) is 0 Å². The lowest BCUT2D eigenvalue weighted by atomic mass is 9.60. The lowest BCUT2D eigenvalue weighted by Crippen LogP contribution is -2.48. The highest BCUT2D eigenvalue weighted by atomic mass is 16.2. The van der Waals surface area contributed by atoms with E-state index >= 15 is 0 Å². The van der Waals surface area contributed by atoms with E-state index in [-0.39, 0.29) is 6.03 Å². The zero-order chi connectivity index (χ0) is 13.8. The summed E-state index contributed by atoms with van der Waals surface area (Å²) in [7, 11) is 0. The average Bonchev–Trinajstić information content (AvgIpc) is 2.90. The normalized spacial score (nSPS) is 29.1. The van der Waals surface area contributed by atoms with Gasteiger partial charge in [0.05, 0.1) is 0 Å². The van der Waals surface area contributed by atoms with E-state index in [1.165, 1.54) is 77.0 Å². The first-order chi connectivity index (χ1) is 9.76. The van der Waals surface area contributed by atoms with E-state index in [1.54, 1.807) is 0 Å². The van der Waals surface area contributed by atoms with Crippen molar-refractivity contribution in [3.8, 4) is 0 Å². The van der Waals surface area contributed by atoms with Gasteiger partial charge in [0.1, 0.15) is 0 Å². The Morgan fingerprint density at radius 1 is 1.00 bits per heavy atom. The van der Waals surface area contributed by atoms with Crippen LogP contribution in [0.2, 0.25) is 0 Å². The average molecular weight is 278 g/mol. The van der Waals surface area contributed by atoms with Gasteiger partial charge in [0.2, 0.25) is 0 Å². The molecule has 3 saturated carbocycles. The Kier molecular flexibility index (Phi) is 4.52. The van der Waals surface area contributed by atoms with Crippen LogP contribution in [-0.4, -0.2) is 18.6 Å². The summed E-state index contributed by atoms with van der Waals surface area (Å²) in [5, 5.41) is 6.29. The van der Waals surface area contributed by atoms with Gasteiger partial charge in [-0.05, 0) is 49.9 Å². The third kappa shape index (κ3) is 3.48. The van der Waals surface area contributed by atoms with E-state index in [2.05, 4.69) is 10.6 Å². The number of rotatable bonds is 4. The summed E-state index contributed by atoms with van der Waals surface area (Å²) < 4.78 is 0. The molecule has 1 spiro atoms. The Morgan fingerprint density at radius 3 is 2.45 bits per heavy atom. The molecule has 3 fully saturated rings. The zero-order valence-corrected chi connectivity index (χ0v) is 12.8. The highest BCUT2D eigenvalue weighted by molar-refractivity contribution is 5.74. The molecule has 3 rings (SSSR count). The quantitative estimate of drug-likeness (QED) is 0.802. The topological polar surface area (TPSA) is 41.1 Å². The molecule has 2 N–H and O–H groups in total. The van der Waals surface area contributed by atoms with Gasteiger partial charge in [-0.2, -0.15) is 0 Å². The maximum atomic E-state index is 12.0. The number of carbonyl (C=O) groups is 1. The van der Waals surface area contributed by atoms with Gasteiger partial charge in [-0.25, -0.2) is 4.79 Å². The molecule has 0 radical (unpaired) electrons. The minimum absolute atomic E-state index is 0.0735. The fourth-order valence-corrected chi connectivity index (χ4v) is 4.63. The highest BCUT2D eigenvalue weighted by Gasteiger charge is 2.41. The molecule has 1 atom stereocenters. The van der Waals surface area contributed by atoms with Crippen LogP contribution in [-0.2, 0) is 0 Å². The van der Waals surface area contributed by atoms with Crippen LogP contribution < -0.4 is 10.6 Å². The fourth-order valence-electron chi connectivity index (χ4n) is 4.63. The smallest absolute Gasteiger partial charge is 0.315 e. The maximum Gasteiger partial charge on any atom is 0.315 e. The van der Waals surface area contributed by atoms with Crippen LogP contribution >= 0.6 is 0 Å². The Balaban J connectivity index is 1.33. The van der Waals surface area contributed by atoms with Gasteiger partial charge in [-0.1, -0.05) is 38.5 Å². The molecule has 0 saturated heterocycles. The van der Waals surface area contributed by atoms with Gasteiger partial charge >= 0.3 is 6.03 Å². The molecule has 3 aliphatic carbocycles. The predicted molar refractivity (Wildman–Crippen MR) is 81.6 cm³/mol. The molecule has 20 heavy (non-hydrogen) atoms. The molecule has 1 unspecified atom stereocenters. The fraction of sp³-hybridized carbons (Fsp3) is 0.941. The standard InChI is InChI=1S/C17H30N2O/c20-16(18-12-8-14-5-1-2-6-14)19-15-7-3-9-17(13-15)10-4-11-17/h14-15H,1-13H2,(H2,18,19,20). The summed E-state index contributed by atoms with van der Waals surface area (Å²) in [5.41, 5.74) is 0.611. The van der Waals surface area contributed by atoms with Crippen molar-refractivity contribution in [2.45, 2.75) is 83.1 Å². The molecule has 2 amide bonds. The van der Waals surface area contributed by atoms with Gasteiger partial charge in [0.25, 0.3) is 0 Å². The molecule has 3 nitrogen and oxygen atoms in total. The second-order valence-corrected chi connectivity index (χ2v) is 7.49. The molecule has 0 aromatic heterocycles. The van der Waals surface area contributed by atoms with Crippen molar-refractivity contribution in [1.29, 1.82) is 0 Å². The molecular formula is C17H30N2O. The van der Waals surface area contributed by atoms with Gasteiger partial charge < -0.3 is 10.6 Å². The van der Waals surface area contributed by atoms with Crippen molar-refractivity contribution < 1.29 is 4.79 Å². The van der Waals surface area contributed by atoms with E-state index in [0.29, 0.717) is 11.5 Å². The third-order valence-electron chi connectivity index (χ3n) is 6.00. The molecule has 3 heteroatoms. The molecule has 0 heterocycles. The number of nitrogens with one attached hydrogen (secondary N) is 2. The maximum absolute atomic E-state index is 12.0. The first-order valence-corrected chi connectivity index (χ1v) is 8.80. The summed E-state index contributed by atoms with van der Waals surface area (Å²) in [5.74, 6) is 0.864. The predicted octanol–water partition coefficient (Wildman–Crippen LogP) is 3.98. The van der Waals surface area contributed by atoms with Crippen molar-refractivity contribution in [1.82, 2.24) is 10.6 Å². The lowest BCUT2D eigenvalue weighted by molar-refractivity contribution is 0.0608. The Morgan fingerprint density at radius 2 is 1.75 bits per heavy atom. The molecule has 114 valence electrons. The van der Waals surface area contributed by atoms with Crippen LogP contribution in [0.25, 0.3) is 0 Å². The second kappa shape index (κ2) is 6.36. The van der Waals surface area contributed by atoms with E-state index in [4.69, 9.17) is 0 Å². The molecule has 0 aromatic carbocycles. The number of amides is 2. The van der Waals surface area contributed by atoms with E-state index < -0.39 is 0 Å². The monoisotopic (exact) mass is 278 g/mol. The minimum atomic E-state index is 0.0735. The molecule has 3 aliphatic rings. The summed E-state index contributed by atoms with van der Waals surface area (Å²) in [4.78, 5) is 12.0. The summed E-state index contributed by atoms with van der Waals surface area (Å²) >= 11 is 0. The van der Waals surface area contributed by atoms with Crippen molar-refractivity contribution in [3.05, 3.63) is 0 Å². The number of hydrogen-bond donors (Lipinski definition) is 2. The Bertz CT molecular complexity index is 332. The van der Waals surface area contributed by atoms with Crippen molar-refractivity contribution >= 4 is 6.03 Å². The highest BCUT2D eigenvalue weighted by Crippen LogP contribution is 2.51. The van der Waals surface area contributed by atoms with Crippen LogP contribution in [0.5, 0.6) is 0 Å². The molecule has 0 bridgehead atoms. The van der Waals surface area contributed by atoms with E-state index in [1.807, 2.05) is 0 Å². The Labute approximate surface area is 123 Å². The van der Waals surface area contributed by atoms with Crippen LogP contribution in [0.1, 0.15) is 77.0 Å². The second-order valence-electron chi connectivity index (χ2n) is 7.49. The van der Waals surface area contributed by atoms with Gasteiger partial charge in [0, 0.05) is 12.6 Å². The van der Waals surface area contributed by atoms with E-state index in [9.17, 15) is 4.79 Å². The molecule has 0 aromatic rings. The minimum Gasteiger partial charge on any atom is -0.338 e. The van der Waals surface area contributed by atoms with Crippen molar-refractivity contribution in [2.24, 2.45) is 11.3 Å². The number of hydrogen-bond acceptors (Lipinski definition) is 1. The van der Waals surface area contributed by atoms with Gasteiger partial charge in [-0.15, -0.1) is 0 Å². The summed E-state index contributed by atoms with van der Waals surface area (Å²) in [6.07, 6.45) is 16.0. The van der Waals surface area contributed by atoms with Crippen molar-refractivity contribution in [3.63, 3.8) is 0 Å². The number of carbonyl (C=O) groups excluding carboxylic acids is 1. The Hall–Kier alpha value is -0.730. The first kappa shape index (κ1) is 14.2. The van der Waals surface area contributed by atoms with Crippen LogP contribution in [0.4, 0.5) is 4.79 Å². The SMILES string of the molecule is O=C(NCCC1CCCC1)NC1CCCC2(CCC2)C1. The zero-order valence-electron chi connectivity index (χ0n) is 12.8. The largest absolute Gasteiger partial charge is 0.338 e. The molecule has 0 aliphatic heterocycles. The van der Waals surface area contributed by atoms with Crippen LogP contribution in [0.3, 0.4) is 0 Å². The van der Waals surface area contributed by atoms with E-state index in [0.717, 1.165) is 12.5 Å². The van der Waals surface area contributed by atoms with Gasteiger partial charge in [-0.3, -0.25) is 0 Å².